The summed E-state index contributed by atoms with van der Waals surface area (Å²) in [6.45, 7) is 2.58. The number of ether oxygens (including phenoxy) is 2. The van der Waals surface area contributed by atoms with Crippen LogP contribution in [0.25, 0.3) is 6.08 Å². The van der Waals surface area contributed by atoms with Crippen molar-refractivity contribution >= 4 is 45.2 Å². The molecule has 3 aromatic carbocycles. The van der Waals surface area contributed by atoms with Crippen LogP contribution >= 0.6 is 27.5 Å². The van der Waals surface area contributed by atoms with Crippen LogP contribution in [0.15, 0.2) is 70.7 Å². The van der Waals surface area contributed by atoms with E-state index in [4.69, 9.17) is 21.1 Å². The molecule has 6 nitrogen and oxygen atoms in total. The smallest absolute Gasteiger partial charge is 0.266 e. The van der Waals surface area contributed by atoms with E-state index < -0.39 is 5.91 Å². The monoisotopic (exact) mass is 526 g/mol. The van der Waals surface area contributed by atoms with Gasteiger partial charge in [-0.2, -0.15) is 5.26 Å². The summed E-state index contributed by atoms with van der Waals surface area (Å²) in [6.07, 6.45) is 1.46. The van der Waals surface area contributed by atoms with Gasteiger partial charge in [-0.1, -0.05) is 39.7 Å². The van der Waals surface area contributed by atoms with Gasteiger partial charge in [0.2, 0.25) is 0 Å². The first-order chi connectivity index (χ1) is 15.9. The van der Waals surface area contributed by atoms with E-state index in [9.17, 15) is 15.2 Å². The lowest BCUT2D eigenvalue weighted by Gasteiger charge is -2.14. The number of benzene rings is 3. The molecule has 0 aliphatic heterocycles. The normalized spacial score (nSPS) is 10.9. The van der Waals surface area contributed by atoms with Crippen molar-refractivity contribution < 1.29 is 19.4 Å². The van der Waals surface area contributed by atoms with E-state index in [2.05, 4.69) is 21.2 Å². The average Bonchev–Trinajstić information content (AvgIpc) is 2.80. The number of anilines is 1. The van der Waals surface area contributed by atoms with Crippen LogP contribution in [-0.4, -0.2) is 17.6 Å². The number of nitrogens with one attached hydrogen (secondary N) is 1. The number of hydrogen-bond acceptors (Lipinski definition) is 5. The third-order valence-electron chi connectivity index (χ3n) is 4.46. The zero-order valence-electron chi connectivity index (χ0n) is 17.6. The quantitative estimate of drug-likeness (QED) is 0.203. The molecule has 0 fully saturated rings. The van der Waals surface area contributed by atoms with Gasteiger partial charge in [0.25, 0.3) is 5.91 Å². The van der Waals surface area contributed by atoms with E-state index in [0.717, 1.165) is 5.56 Å². The van der Waals surface area contributed by atoms with Gasteiger partial charge in [0.1, 0.15) is 24.0 Å². The van der Waals surface area contributed by atoms with Gasteiger partial charge in [-0.05, 0) is 72.7 Å². The van der Waals surface area contributed by atoms with Crippen LogP contribution in [0, 0.1) is 11.3 Å². The Morgan fingerprint density at radius 1 is 1.12 bits per heavy atom. The molecule has 0 saturated heterocycles. The molecule has 168 valence electrons. The number of nitrogens with zero attached hydrogens (tertiary/aromatic N) is 1. The number of amides is 1. The van der Waals surface area contributed by atoms with Crippen LogP contribution in [0.3, 0.4) is 0 Å². The number of phenolic OH excluding ortho intramolecular Hbond substituents is 1. The maximum absolute atomic E-state index is 12.6. The molecule has 0 atom stereocenters. The fourth-order valence-corrected chi connectivity index (χ4v) is 3.39. The van der Waals surface area contributed by atoms with Crippen LogP contribution < -0.4 is 14.8 Å². The third kappa shape index (κ3) is 6.75. The van der Waals surface area contributed by atoms with Crippen molar-refractivity contribution in [1.29, 1.82) is 5.26 Å². The van der Waals surface area contributed by atoms with Crippen molar-refractivity contribution in [3.05, 3.63) is 86.9 Å². The van der Waals surface area contributed by atoms with Gasteiger partial charge in [-0.15, -0.1) is 0 Å². The first-order valence-electron chi connectivity index (χ1n) is 9.95. The summed E-state index contributed by atoms with van der Waals surface area (Å²) in [6, 6.07) is 18.7. The molecular formula is C25H20BrClN2O4. The Kier molecular flexibility index (Phi) is 8.36. The minimum absolute atomic E-state index is 0.0785. The summed E-state index contributed by atoms with van der Waals surface area (Å²) in [4.78, 5) is 12.6. The summed E-state index contributed by atoms with van der Waals surface area (Å²) in [7, 11) is 0. The molecule has 8 heteroatoms. The number of carbonyl (C=O) groups is 1. The molecule has 33 heavy (non-hydrogen) atoms. The number of phenols is 1. The Morgan fingerprint density at radius 2 is 1.79 bits per heavy atom. The second-order valence-electron chi connectivity index (χ2n) is 6.84. The van der Waals surface area contributed by atoms with Crippen molar-refractivity contribution in [3.63, 3.8) is 0 Å². The standard InChI is InChI=1S/C25H20BrClN2O4/c1-2-32-23-12-17(11-18(14-28)25(31)29-20-7-9-21(30)10-8-20)22(26)13-24(23)33-15-16-3-5-19(27)6-4-16/h3-13,30H,2,15H2,1H3,(H,29,31)/b18-11+. The third-order valence-corrected chi connectivity index (χ3v) is 5.40. The number of hydrogen-bond donors (Lipinski definition) is 2. The molecule has 0 aromatic heterocycles. The molecule has 0 saturated carbocycles. The van der Waals surface area contributed by atoms with Gasteiger partial charge >= 0.3 is 0 Å². The van der Waals surface area contributed by atoms with E-state index in [1.165, 1.54) is 30.3 Å². The first-order valence-corrected chi connectivity index (χ1v) is 11.1. The Bertz CT molecular complexity index is 1200. The second-order valence-corrected chi connectivity index (χ2v) is 8.13. The van der Waals surface area contributed by atoms with Gasteiger partial charge in [0.05, 0.1) is 6.61 Å². The highest BCUT2D eigenvalue weighted by Crippen LogP contribution is 2.35. The van der Waals surface area contributed by atoms with Gasteiger partial charge in [0, 0.05) is 15.2 Å². The maximum Gasteiger partial charge on any atom is 0.266 e. The van der Waals surface area contributed by atoms with E-state index >= 15 is 0 Å². The van der Waals surface area contributed by atoms with E-state index in [0.29, 0.717) is 45.5 Å². The predicted octanol–water partition coefficient (Wildman–Crippen LogP) is 6.33. The van der Waals surface area contributed by atoms with E-state index in [1.807, 2.05) is 25.1 Å². The zero-order valence-corrected chi connectivity index (χ0v) is 20.0. The molecule has 0 spiro atoms. The van der Waals surface area contributed by atoms with Crippen LogP contribution in [0.1, 0.15) is 18.1 Å². The number of aromatic hydroxyl groups is 1. The van der Waals surface area contributed by atoms with Crippen molar-refractivity contribution in [1.82, 2.24) is 0 Å². The van der Waals surface area contributed by atoms with Crippen molar-refractivity contribution in [2.75, 3.05) is 11.9 Å². The second kappa shape index (κ2) is 11.4. The summed E-state index contributed by atoms with van der Waals surface area (Å²) in [5, 5.41) is 22.2. The predicted molar refractivity (Wildman–Crippen MR) is 131 cm³/mol. The van der Waals surface area contributed by atoms with Crippen LogP contribution in [0.4, 0.5) is 5.69 Å². The molecule has 0 aliphatic carbocycles. The Balaban J connectivity index is 1.83. The van der Waals surface area contributed by atoms with Crippen LogP contribution in [0.5, 0.6) is 17.2 Å². The van der Waals surface area contributed by atoms with Crippen molar-refractivity contribution in [2.24, 2.45) is 0 Å². The van der Waals surface area contributed by atoms with Crippen molar-refractivity contribution in [3.8, 4) is 23.3 Å². The summed E-state index contributed by atoms with van der Waals surface area (Å²) in [5.74, 6) is 0.506. The average molecular weight is 528 g/mol. The molecule has 1 amide bonds. The topological polar surface area (TPSA) is 91.6 Å². The molecular weight excluding hydrogens is 508 g/mol. The van der Waals surface area contributed by atoms with Gasteiger partial charge < -0.3 is 19.9 Å². The fraction of sp³-hybridized carbons (Fsp3) is 0.120. The van der Waals surface area contributed by atoms with Crippen molar-refractivity contribution in [2.45, 2.75) is 13.5 Å². The molecule has 0 heterocycles. The molecule has 0 bridgehead atoms. The summed E-state index contributed by atoms with van der Waals surface area (Å²) < 4.78 is 12.3. The number of nitriles is 1. The summed E-state index contributed by atoms with van der Waals surface area (Å²) in [5.41, 5.74) is 1.88. The largest absolute Gasteiger partial charge is 0.508 e. The number of halogens is 2. The maximum atomic E-state index is 12.6. The highest BCUT2D eigenvalue weighted by atomic mass is 79.9. The summed E-state index contributed by atoms with van der Waals surface area (Å²) >= 11 is 9.41. The first kappa shape index (κ1) is 24.2. The van der Waals surface area contributed by atoms with Gasteiger partial charge in [-0.25, -0.2) is 0 Å². The number of rotatable bonds is 8. The van der Waals surface area contributed by atoms with Gasteiger partial charge in [-0.3, -0.25) is 4.79 Å². The van der Waals surface area contributed by atoms with E-state index in [-0.39, 0.29) is 11.3 Å². The Labute approximate surface area is 205 Å². The minimum atomic E-state index is -0.573. The van der Waals surface area contributed by atoms with Crippen LogP contribution in [-0.2, 0) is 11.4 Å². The number of carbonyl (C=O) groups excluding carboxylic acids is 1. The van der Waals surface area contributed by atoms with Gasteiger partial charge in [0.15, 0.2) is 11.5 Å². The lowest BCUT2D eigenvalue weighted by Crippen LogP contribution is -2.13. The minimum Gasteiger partial charge on any atom is -0.508 e. The molecule has 2 N–H and O–H groups in total. The fourth-order valence-electron chi connectivity index (χ4n) is 2.83. The molecule has 0 unspecified atom stereocenters. The molecule has 0 radical (unpaired) electrons. The molecule has 0 aliphatic rings. The van der Waals surface area contributed by atoms with Crippen LogP contribution in [0.2, 0.25) is 5.02 Å². The molecule has 3 aromatic rings. The highest BCUT2D eigenvalue weighted by molar-refractivity contribution is 9.10. The Hall–Kier alpha value is -3.47. The molecule has 3 rings (SSSR count). The lowest BCUT2D eigenvalue weighted by molar-refractivity contribution is -0.112. The Morgan fingerprint density at radius 3 is 2.42 bits per heavy atom. The highest BCUT2D eigenvalue weighted by Gasteiger charge is 2.14. The van der Waals surface area contributed by atoms with E-state index in [1.54, 1.807) is 24.3 Å². The zero-order chi connectivity index (χ0) is 23.8. The lowest BCUT2D eigenvalue weighted by atomic mass is 10.1. The SMILES string of the molecule is CCOc1cc(/C=C(\C#N)C(=O)Nc2ccc(O)cc2)c(Br)cc1OCc1ccc(Cl)cc1.